The highest BCUT2D eigenvalue weighted by Gasteiger charge is 2.22. The first-order chi connectivity index (χ1) is 16.9. The van der Waals surface area contributed by atoms with Gasteiger partial charge in [0.05, 0.1) is 12.3 Å². The van der Waals surface area contributed by atoms with Gasteiger partial charge in [0.15, 0.2) is 0 Å². The van der Waals surface area contributed by atoms with E-state index < -0.39 is 0 Å². The minimum atomic E-state index is -0.284. The summed E-state index contributed by atoms with van der Waals surface area (Å²) in [5, 5.41) is 16.5. The number of rotatable bonds is 9. The van der Waals surface area contributed by atoms with Crippen LogP contribution in [0.1, 0.15) is 35.1 Å². The number of pyridine rings is 1. The minimum Gasteiger partial charge on any atom is -0.397 e. The van der Waals surface area contributed by atoms with Gasteiger partial charge in [0, 0.05) is 35.8 Å². The van der Waals surface area contributed by atoms with Gasteiger partial charge in [-0.2, -0.15) is 0 Å². The number of nitrogen functional groups attached to an aromatic ring is 1. The van der Waals surface area contributed by atoms with Crippen LogP contribution in [-0.2, 0) is 6.54 Å². The van der Waals surface area contributed by atoms with Crippen molar-refractivity contribution in [1.29, 1.82) is 0 Å². The number of likely N-dealkylation sites (tertiary alicyclic amines) is 1. The molecule has 1 amide bonds. The van der Waals surface area contributed by atoms with Crippen molar-refractivity contribution < 1.29 is 9.90 Å². The van der Waals surface area contributed by atoms with Gasteiger partial charge in [-0.15, -0.1) is 11.3 Å². The molecule has 3 heterocycles. The molecular formula is C25H31ClN6O2S. The SMILES string of the molecule is C[C@H](CO)Nc1nc(C(=O)NCC2CCN(Cc3cnc(-c4ccccc4)s3)CC2)cc(N)c1Cl. The third-order valence-electron chi connectivity index (χ3n) is 6.09. The van der Waals surface area contributed by atoms with Crippen molar-refractivity contribution in [1.82, 2.24) is 20.2 Å². The number of nitrogens with one attached hydrogen (secondary N) is 2. The Balaban J connectivity index is 1.25. The fraction of sp³-hybridized carbons (Fsp3) is 0.400. The number of thiazole rings is 1. The van der Waals surface area contributed by atoms with E-state index in [-0.39, 0.29) is 35.0 Å². The van der Waals surface area contributed by atoms with Crippen LogP contribution in [0.25, 0.3) is 10.6 Å². The molecule has 8 nitrogen and oxygen atoms in total. The number of halogens is 1. The van der Waals surface area contributed by atoms with E-state index in [9.17, 15) is 9.90 Å². The summed E-state index contributed by atoms with van der Waals surface area (Å²) in [5.41, 5.74) is 7.59. The molecule has 1 aliphatic heterocycles. The van der Waals surface area contributed by atoms with Gasteiger partial charge in [0.1, 0.15) is 21.5 Å². The van der Waals surface area contributed by atoms with Gasteiger partial charge >= 0.3 is 0 Å². The van der Waals surface area contributed by atoms with Crippen molar-refractivity contribution in [2.75, 3.05) is 37.3 Å². The summed E-state index contributed by atoms with van der Waals surface area (Å²) in [6.07, 6.45) is 4.01. The maximum absolute atomic E-state index is 12.7. The highest BCUT2D eigenvalue weighted by Crippen LogP contribution is 2.29. The molecule has 0 aliphatic carbocycles. The number of piperidine rings is 1. The summed E-state index contributed by atoms with van der Waals surface area (Å²) >= 11 is 7.95. The van der Waals surface area contributed by atoms with E-state index in [1.807, 2.05) is 24.4 Å². The summed E-state index contributed by atoms with van der Waals surface area (Å²) in [4.78, 5) is 25.3. The average molecular weight is 515 g/mol. The average Bonchev–Trinajstić information content (AvgIpc) is 3.35. The second-order valence-corrected chi connectivity index (χ2v) is 10.4. The van der Waals surface area contributed by atoms with Gasteiger partial charge in [0.25, 0.3) is 5.91 Å². The number of amides is 1. The van der Waals surface area contributed by atoms with Crippen molar-refractivity contribution in [2.24, 2.45) is 5.92 Å². The lowest BCUT2D eigenvalue weighted by Gasteiger charge is -2.31. The molecule has 1 saturated heterocycles. The second-order valence-electron chi connectivity index (χ2n) is 8.91. The first-order valence-electron chi connectivity index (χ1n) is 11.8. The molecule has 1 aromatic carbocycles. The van der Waals surface area contributed by atoms with Gasteiger partial charge in [-0.3, -0.25) is 9.69 Å². The van der Waals surface area contributed by atoms with E-state index in [2.05, 4.69) is 37.6 Å². The van der Waals surface area contributed by atoms with Crippen LogP contribution in [0.5, 0.6) is 0 Å². The molecule has 0 spiro atoms. The van der Waals surface area contributed by atoms with Gasteiger partial charge in [-0.05, 0) is 44.8 Å². The molecule has 4 rings (SSSR count). The Morgan fingerprint density at radius 1 is 1.31 bits per heavy atom. The fourth-order valence-corrected chi connectivity index (χ4v) is 5.14. The number of nitrogens with two attached hydrogens (primary N) is 1. The van der Waals surface area contributed by atoms with Crippen molar-refractivity contribution >= 4 is 40.4 Å². The standard InChI is InChI=1S/C25H31ClN6O2S/c1-16(15-33)30-23-22(26)20(27)11-21(31-23)24(34)28-12-17-7-9-32(10-8-17)14-19-13-29-25(35-19)18-5-3-2-4-6-18/h2-6,11,13,16-17,33H,7-10,12,14-15H2,1H3,(H,28,34)(H3,27,30,31)/t16-/m1/s1. The molecule has 35 heavy (non-hydrogen) atoms. The normalized spacial score (nSPS) is 15.6. The van der Waals surface area contributed by atoms with Crippen molar-refractivity contribution in [3.05, 3.63) is 58.2 Å². The number of benzene rings is 1. The van der Waals surface area contributed by atoms with Crippen LogP contribution in [0.3, 0.4) is 0 Å². The van der Waals surface area contributed by atoms with Gasteiger partial charge < -0.3 is 21.5 Å². The summed E-state index contributed by atoms with van der Waals surface area (Å²) in [6.45, 7) is 5.15. The maximum atomic E-state index is 12.7. The monoisotopic (exact) mass is 514 g/mol. The highest BCUT2D eigenvalue weighted by atomic mass is 35.5. The van der Waals surface area contributed by atoms with E-state index in [1.165, 1.54) is 10.9 Å². The highest BCUT2D eigenvalue weighted by molar-refractivity contribution is 7.15. The number of anilines is 2. The van der Waals surface area contributed by atoms with Crippen LogP contribution >= 0.6 is 22.9 Å². The molecule has 0 radical (unpaired) electrons. The molecular weight excluding hydrogens is 484 g/mol. The van der Waals surface area contributed by atoms with Crippen LogP contribution in [0.2, 0.25) is 5.02 Å². The van der Waals surface area contributed by atoms with E-state index in [4.69, 9.17) is 17.3 Å². The Hall–Kier alpha value is -2.72. The van der Waals surface area contributed by atoms with Crippen molar-refractivity contribution in [3.8, 4) is 10.6 Å². The number of aliphatic hydroxyl groups excluding tert-OH is 1. The topological polar surface area (TPSA) is 116 Å². The van der Waals surface area contributed by atoms with E-state index >= 15 is 0 Å². The Kier molecular flexibility index (Phi) is 8.56. The summed E-state index contributed by atoms with van der Waals surface area (Å²) in [6, 6.07) is 11.5. The van der Waals surface area contributed by atoms with Gasteiger partial charge in [-0.1, -0.05) is 41.9 Å². The zero-order valence-corrected chi connectivity index (χ0v) is 21.3. The Morgan fingerprint density at radius 3 is 2.77 bits per heavy atom. The Labute approximate surface area is 214 Å². The number of hydrogen-bond donors (Lipinski definition) is 4. The van der Waals surface area contributed by atoms with Crippen LogP contribution in [0, 0.1) is 5.92 Å². The Bertz CT molecular complexity index is 1130. The van der Waals surface area contributed by atoms with Crippen LogP contribution in [-0.4, -0.2) is 58.2 Å². The second kappa shape index (κ2) is 11.8. The molecule has 10 heteroatoms. The number of carbonyl (C=O) groups is 1. The predicted molar refractivity (Wildman–Crippen MR) is 142 cm³/mol. The molecule has 1 fully saturated rings. The lowest BCUT2D eigenvalue weighted by atomic mass is 9.96. The number of aliphatic hydroxyl groups is 1. The smallest absolute Gasteiger partial charge is 0.270 e. The largest absolute Gasteiger partial charge is 0.397 e. The number of aromatic nitrogens is 2. The van der Waals surface area contributed by atoms with E-state index in [0.29, 0.717) is 18.3 Å². The predicted octanol–water partition coefficient (Wildman–Crippen LogP) is 3.88. The molecule has 0 bridgehead atoms. The lowest BCUT2D eigenvalue weighted by molar-refractivity contribution is 0.0930. The summed E-state index contributed by atoms with van der Waals surface area (Å²) < 4.78 is 0. The molecule has 3 aromatic rings. The van der Waals surface area contributed by atoms with Crippen LogP contribution in [0.15, 0.2) is 42.6 Å². The van der Waals surface area contributed by atoms with Crippen molar-refractivity contribution in [3.63, 3.8) is 0 Å². The molecule has 2 aromatic heterocycles. The first-order valence-corrected chi connectivity index (χ1v) is 13.0. The van der Waals surface area contributed by atoms with Gasteiger partial charge in [-0.25, -0.2) is 9.97 Å². The van der Waals surface area contributed by atoms with Gasteiger partial charge in [0.2, 0.25) is 0 Å². The zero-order chi connectivity index (χ0) is 24.8. The molecule has 1 aliphatic rings. The number of carbonyl (C=O) groups excluding carboxylic acids is 1. The molecule has 0 saturated carbocycles. The first kappa shape index (κ1) is 25.4. The quantitative estimate of drug-likeness (QED) is 0.342. The number of hydrogen-bond acceptors (Lipinski definition) is 8. The fourth-order valence-electron chi connectivity index (χ4n) is 4.03. The molecule has 0 unspecified atom stereocenters. The maximum Gasteiger partial charge on any atom is 0.270 e. The Morgan fingerprint density at radius 2 is 2.06 bits per heavy atom. The number of nitrogens with zero attached hydrogens (tertiary/aromatic N) is 3. The lowest BCUT2D eigenvalue weighted by Crippen LogP contribution is -2.38. The summed E-state index contributed by atoms with van der Waals surface area (Å²) in [5.74, 6) is 0.423. The van der Waals surface area contributed by atoms with Crippen LogP contribution < -0.4 is 16.4 Å². The van der Waals surface area contributed by atoms with E-state index in [0.717, 1.165) is 43.0 Å². The zero-order valence-electron chi connectivity index (χ0n) is 19.7. The third kappa shape index (κ3) is 6.70. The van der Waals surface area contributed by atoms with E-state index in [1.54, 1.807) is 18.3 Å². The molecule has 5 N–H and O–H groups in total. The third-order valence-corrected chi connectivity index (χ3v) is 7.52. The van der Waals surface area contributed by atoms with Crippen molar-refractivity contribution in [2.45, 2.75) is 32.4 Å². The minimum absolute atomic E-state index is 0.0930. The van der Waals surface area contributed by atoms with Crippen LogP contribution in [0.4, 0.5) is 11.5 Å². The molecule has 186 valence electrons. The molecule has 1 atom stereocenters. The summed E-state index contributed by atoms with van der Waals surface area (Å²) in [7, 11) is 0.